The quantitative estimate of drug-likeness (QED) is 0.531. The van der Waals surface area contributed by atoms with Crippen LogP contribution < -0.4 is 10.6 Å². The molecule has 0 aliphatic carbocycles. The molecule has 11 heteroatoms. The van der Waals surface area contributed by atoms with Crippen LogP contribution in [-0.4, -0.2) is 39.3 Å². The van der Waals surface area contributed by atoms with Crippen molar-refractivity contribution in [3.8, 4) is 11.6 Å². The van der Waals surface area contributed by atoms with Gasteiger partial charge in [0.15, 0.2) is 11.6 Å². The molecule has 0 aliphatic rings. The topological polar surface area (TPSA) is 113 Å². The smallest absolute Gasteiger partial charge is 0.277 e. The minimum atomic E-state index is -1.08. The van der Waals surface area contributed by atoms with Gasteiger partial charge in [-0.3, -0.25) is 9.59 Å². The molecule has 140 valence electrons. The lowest BCUT2D eigenvalue weighted by Gasteiger charge is -2.06. The van der Waals surface area contributed by atoms with Crippen LogP contribution in [0.25, 0.3) is 11.6 Å². The van der Waals surface area contributed by atoms with Gasteiger partial charge in [-0.05, 0) is 24.3 Å². The number of carbonyl (C=O) groups excluding carboxylic acids is 2. The van der Waals surface area contributed by atoms with E-state index in [9.17, 15) is 18.4 Å². The molecule has 0 spiro atoms. The first-order valence-electron chi connectivity index (χ1n) is 7.63. The number of aromatic nitrogens is 3. The molecule has 3 aromatic rings. The van der Waals surface area contributed by atoms with Crippen LogP contribution in [-0.2, 0) is 9.59 Å². The summed E-state index contributed by atoms with van der Waals surface area (Å²) in [6, 6.07) is 6.50. The Balaban J connectivity index is 1.41. The summed E-state index contributed by atoms with van der Waals surface area (Å²) in [4.78, 5) is 26.4. The molecule has 0 saturated heterocycles. The Kier molecular flexibility index (Phi) is 5.81. The van der Waals surface area contributed by atoms with Crippen LogP contribution >= 0.6 is 11.8 Å². The van der Waals surface area contributed by atoms with Gasteiger partial charge in [-0.2, -0.15) is 0 Å². The Morgan fingerprint density at radius 3 is 2.74 bits per heavy atom. The molecule has 0 unspecified atom stereocenters. The van der Waals surface area contributed by atoms with E-state index in [1.165, 1.54) is 6.07 Å². The Labute approximate surface area is 155 Å². The molecule has 27 heavy (non-hydrogen) atoms. The Bertz CT molecular complexity index is 945. The number of benzene rings is 1. The zero-order valence-electron chi connectivity index (χ0n) is 13.7. The molecule has 0 aliphatic heterocycles. The zero-order valence-corrected chi connectivity index (χ0v) is 14.5. The number of aromatic amines is 1. The summed E-state index contributed by atoms with van der Waals surface area (Å²) in [7, 11) is 0. The second-order valence-electron chi connectivity index (χ2n) is 5.20. The predicted molar refractivity (Wildman–Crippen MR) is 92.8 cm³/mol. The molecule has 0 atom stereocenters. The predicted octanol–water partition coefficient (Wildman–Crippen LogP) is 2.19. The van der Waals surface area contributed by atoms with E-state index in [-0.39, 0.29) is 23.2 Å². The highest BCUT2D eigenvalue weighted by Gasteiger charge is 2.12. The molecule has 3 N–H and O–H groups in total. The number of thioether (sulfide) groups is 1. The SMILES string of the molecule is O=C(CSc1nnc(-c2ccc[nH]2)o1)NCC(=O)Nc1ccc(F)c(F)c1. The highest BCUT2D eigenvalue weighted by molar-refractivity contribution is 7.99. The first kappa shape index (κ1) is 18.6. The highest BCUT2D eigenvalue weighted by atomic mass is 32.2. The number of hydrogen-bond acceptors (Lipinski definition) is 6. The fraction of sp³-hybridized carbons (Fsp3) is 0.125. The molecule has 3 rings (SSSR count). The maximum absolute atomic E-state index is 13.1. The van der Waals surface area contributed by atoms with Gasteiger partial charge in [0.05, 0.1) is 12.3 Å². The Morgan fingerprint density at radius 2 is 2.00 bits per heavy atom. The third-order valence-corrected chi connectivity index (χ3v) is 4.03. The molecule has 0 saturated carbocycles. The van der Waals surface area contributed by atoms with Crippen LogP contribution in [0, 0.1) is 11.6 Å². The molecular formula is C16H13F2N5O3S. The number of halogens is 2. The van der Waals surface area contributed by atoms with Crippen molar-refractivity contribution < 1.29 is 22.8 Å². The van der Waals surface area contributed by atoms with Crippen LogP contribution in [0.1, 0.15) is 0 Å². The minimum absolute atomic E-state index is 0.0369. The monoisotopic (exact) mass is 393 g/mol. The summed E-state index contributed by atoms with van der Waals surface area (Å²) in [6.07, 6.45) is 1.71. The summed E-state index contributed by atoms with van der Waals surface area (Å²) in [5, 5.41) is 12.6. The van der Waals surface area contributed by atoms with Crippen LogP contribution in [0.3, 0.4) is 0 Å². The first-order valence-corrected chi connectivity index (χ1v) is 8.61. The van der Waals surface area contributed by atoms with Gasteiger partial charge in [0.2, 0.25) is 11.8 Å². The normalized spacial score (nSPS) is 10.6. The zero-order chi connectivity index (χ0) is 19.2. The van der Waals surface area contributed by atoms with Gasteiger partial charge in [-0.15, -0.1) is 10.2 Å². The van der Waals surface area contributed by atoms with Crippen LogP contribution in [0.4, 0.5) is 14.5 Å². The summed E-state index contributed by atoms with van der Waals surface area (Å²) >= 11 is 1.02. The van der Waals surface area contributed by atoms with Crippen molar-refractivity contribution in [2.75, 3.05) is 17.6 Å². The van der Waals surface area contributed by atoms with Crippen molar-refractivity contribution in [3.05, 3.63) is 48.2 Å². The van der Waals surface area contributed by atoms with Crippen molar-refractivity contribution >= 4 is 29.3 Å². The number of H-pyrrole nitrogens is 1. The first-order chi connectivity index (χ1) is 13.0. The molecule has 0 bridgehead atoms. The van der Waals surface area contributed by atoms with Gasteiger partial charge in [0.1, 0.15) is 5.69 Å². The lowest BCUT2D eigenvalue weighted by molar-refractivity contribution is -0.122. The van der Waals surface area contributed by atoms with E-state index in [4.69, 9.17) is 4.42 Å². The standard InChI is InChI=1S/C16H13F2N5O3S/c17-10-4-3-9(6-11(10)18)21-13(24)7-20-14(25)8-27-16-23-22-15(26-16)12-2-1-5-19-12/h1-6,19H,7-8H2,(H,20,25)(H,21,24). The average Bonchev–Trinajstić information content (AvgIpc) is 3.32. The molecule has 8 nitrogen and oxygen atoms in total. The van der Waals surface area contributed by atoms with Crippen molar-refractivity contribution in [1.82, 2.24) is 20.5 Å². The van der Waals surface area contributed by atoms with Crippen molar-refractivity contribution in [2.24, 2.45) is 0 Å². The maximum Gasteiger partial charge on any atom is 0.277 e. The third-order valence-electron chi connectivity index (χ3n) is 3.21. The van der Waals surface area contributed by atoms with E-state index >= 15 is 0 Å². The van der Waals surface area contributed by atoms with Gasteiger partial charge >= 0.3 is 0 Å². The van der Waals surface area contributed by atoms with Crippen molar-refractivity contribution in [2.45, 2.75) is 5.22 Å². The summed E-state index contributed by atoms with van der Waals surface area (Å²) in [5.74, 6) is -2.84. The fourth-order valence-corrected chi connectivity index (χ4v) is 2.57. The maximum atomic E-state index is 13.1. The largest absolute Gasteiger partial charge is 0.410 e. The summed E-state index contributed by atoms with van der Waals surface area (Å²) < 4.78 is 31.3. The van der Waals surface area contributed by atoms with Crippen LogP contribution in [0.15, 0.2) is 46.2 Å². The molecule has 1 aromatic carbocycles. The average molecular weight is 393 g/mol. The van der Waals surface area contributed by atoms with E-state index in [2.05, 4.69) is 25.8 Å². The number of nitrogens with one attached hydrogen (secondary N) is 3. The van der Waals surface area contributed by atoms with Crippen molar-refractivity contribution in [1.29, 1.82) is 0 Å². The number of rotatable bonds is 7. The van der Waals surface area contributed by atoms with E-state index in [0.29, 0.717) is 11.6 Å². The second kappa shape index (κ2) is 8.45. The van der Waals surface area contributed by atoms with E-state index in [0.717, 1.165) is 23.9 Å². The number of hydrogen-bond donors (Lipinski definition) is 3. The second-order valence-corrected chi connectivity index (χ2v) is 6.13. The Morgan fingerprint density at radius 1 is 1.15 bits per heavy atom. The number of nitrogens with zero attached hydrogens (tertiary/aromatic N) is 2. The van der Waals surface area contributed by atoms with E-state index in [1.54, 1.807) is 18.3 Å². The molecule has 2 amide bonds. The molecule has 0 radical (unpaired) electrons. The van der Waals surface area contributed by atoms with Crippen LogP contribution in [0.5, 0.6) is 0 Å². The van der Waals surface area contributed by atoms with E-state index < -0.39 is 23.4 Å². The van der Waals surface area contributed by atoms with Gasteiger partial charge in [-0.25, -0.2) is 8.78 Å². The summed E-state index contributed by atoms with van der Waals surface area (Å²) in [6.45, 7) is -0.323. The number of carbonyl (C=O) groups is 2. The minimum Gasteiger partial charge on any atom is -0.410 e. The van der Waals surface area contributed by atoms with E-state index in [1.807, 2.05) is 0 Å². The van der Waals surface area contributed by atoms with Gasteiger partial charge in [0.25, 0.3) is 11.1 Å². The molecular weight excluding hydrogens is 380 g/mol. The number of anilines is 1. The van der Waals surface area contributed by atoms with Crippen LogP contribution in [0.2, 0.25) is 0 Å². The summed E-state index contributed by atoms with van der Waals surface area (Å²) in [5.41, 5.74) is 0.748. The Hall–Kier alpha value is -3.21. The lowest BCUT2D eigenvalue weighted by Crippen LogP contribution is -2.33. The molecule has 0 fully saturated rings. The molecule has 2 aromatic heterocycles. The van der Waals surface area contributed by atoms with Crippen molar-refractivity contribution in [3.63, 3.8) is 0 Å². The highest BCUT2D eigenvalue weighted by Crippen LogP contribution is 2.21. The lowest BCUT2D eigenvalue weighted by atomic mass is 10.3. The van der Waals surface area contributed by atoms with Gasteiger partial charge in [0, 0.05) is 18.0 Å². The van der Waals surface area contributed by atoms with Gasteiger partial charge < -0.3 is 20.0 Å². The third kappa shape index (κ3) is 5.14. The fourth-order valence-electron chi connectivity index (χ4n) is 1.98. The number of amides is 2. The molecule has 2 heterocycles. The van der Waals surface area contributed by atoms with Gasteiger partial charge in [-0.1, -0.05) is 11.8 Å².